The van der Waals surface area contributed by atoms with Gasteiger partial charge in [-0.15, -0.1) is 10.2 Å². The van der Waals surface area contributed by atoms with E-state index in [1.165, 1.54) is 0 Å². The van der Waals surface area contributed by atoms with Crippen LogP contribution in [0.5, 0.6) is 5.75 Å². The van der Waals surface area contributed by atoms with Gasteiger partial charge >= 0.3 is 0 Å². The van der Waals surface area contributed by atoms with Crippen LogP contribution in [0, 0.1) is 0 Å². The van der Waals surface area contributed by atoms with Crippen LogP contribution in [-0.2, 0) is 12.4 Å². The highest BCUT2D eigenvalue weighted by Gasteiger charge is 2.11. The summed E-state index contributed by atoms with van der Waals surface area (Å²) >= 11 is 3.42. The largest absolute Gasteiger partial charge is 0.484 e. The van der Waals surface area contributed by atoms with E-state index >= 15 is 0 Å². The Morgan fingerprint density at radius 3 is 2.85 bits per heavy atom. The third-order valence-electron chi connectivity index (χ3n) is 2.49. The normalized spacial score (nSPS) is 14.3. The van der Waals surface area contributed by atoms with Crippen molar-refractivity contribution < 1.29 is 9.15 Å². The molecule has 5 nitrogen and oxygen atoms in total. The minimum Gasteiger partial charge on any atom is -0.484 e. The van der Waals surface area contributed by atoms with Gasteiger partial charge in [0.05, 0.1) is 12.3 Å². The Bertz CT molecular complexity index is 586. The second-order valence-electron chi connectivity index (χ2n) is 3.98. The molecule has 0 saturated heterocycles. The van der Waals surface area contributed by atoms with Gasteiger partial charge in [0, 0.05) is 5.75 Å². The van der Waals surface area contributed by atoms with E-state index in [1.54, 1.807) is 23.5 Å². The molecule has 1 aliphatic rings. The topological polar surface area (TPSA) is 60.5 Å². The monoisotopic (exact) mass is 307 g/mol. The van der Waals surface area contributed by atoms with Crippen LogP contribution in [0.2, 0.25) is 0 Å². The fraction of sp³-hybridized carbons (Fsp3) is 0.308. The Morgan fingerprint density at radius 2 is 2.05 bits per heavy atom. The van der Waals surface area contributed by atoms with E-state index in [1.807, 2.05) is 30.3 Å². The maximum Gasteiger partial charge on any atom is 0.253 e. The predicted octanol–water partition coefficient (Wildman–Crippen LogP) is 2.98. The zero-order valence-electron chi connectivity index (χ0n) is 10.7. The van der Waals surface area contributed by atoms with Crippen molar-refractivity contribution >= 4 is 27.9 Å². The number of rotatable bonds is 5. The first-order chi connectivity index (χ1) is 9.90. The molecule has 0 amide bonds. The van der Waals surface area contributed by atoms with Crippen LogP contribution >= 0.6 is 23.5 Å². The van der Waals surface area contributed by atoms with Crippen LogP contribution in [0.15, 0.2) is 39.7 Å². The number of nitrogens with zero attached hydrogens (tertiary/aromatic N) is 3. The minimum atomic E-state index is 0.289. The molecular formula is C13H13N3O2S2. The molecule has 0 aliphatic carbocycles. The highest BCUT2D eigenvalue weighted by Crippen LogP contribution is 2.24. The molecule has 2 heterocycles. The summed E-state index contributed by atoms with van der Waals surface area (Å²) in [7, 11) is 0. The van der Waals surface area contributed by atoms with Crippen LogP contribution < -0.4 is 4.74 Å². The third kappa shape index (κ3) is 3.77. The van der Waals surface area contributed by atoms with Crippen molar-refractivity contribution in [2.24, 2.45) is 4.99 Å². The molecule has 3 rings (SSSR count). The first-order valence-electron chi connectivity index (χ1n) is 6.19. The molecule has 0 bridgehead atoms. The van der Waals surface area contributed by atoms with Crippen molar-refractivity contribution in [1.82, 2.24) is 10.2 Å². The quantitative estimate of drug-likeness (QED) is 0.846. The van der Waals surface area contributed by atoms with Gasteiger partial charge in [-0.2, -0.15) is 0 Å². The molecule has 0 N–H and O–H groups in total. The van der Waals surface area contributed by atoms with Gasteiger partial charge in [0.1, 0.15) is 10.1 Å². The molecule has 0 unspecified atom stereocenters. The van der Waals surface area contributed by atoms with Gasteiger partial charge in [-0.25, -0.2) is 0 Å². The average Bonchev–Trinajstić information content (AvgIpc) is 3.16. The van der Waals surface area contributed by atoms with Crippen molar-refractivity contribution in [3.8, 4) is 5.75 Å². The number of ether oxygens (including phenoxy) is 1. The van der Waals surface area contributed by atoms with Gasteiger partial charge in [-0.1, -0.05) is 41.7 Å². The smallest absolute Gasteiger partial charge is 0.253 e. The summed E-state index contributed by atoms with van der Waals surface area (Å²) in [6.07, 6.45) is 0. The molecule has 0 radical (unpaired) electrons. The van der Waals surface area contributed by atoms with Gasteiger partial charge in [-0.3, -0.25) is 4.99 Å². The summed E-state index contributed by atoms with van der Waals surface area (Å²) in [6, 6.07) is 9.57. The number of thioether (sulfide) groups is 2. The summed E-state index contributed by atoms with van der Waals surface area (Å²) in [5.41, 5.74) is 0. The van der Waals surface area contributed by atoms with Crippen molar-refractivity contribution in [2.75, 3.05) is 12.3 Å². The molecule has 1 aliphatic heterocycles. The molecule has 104 valence electrons. The van der Waals surface area contributed by atoms with Crippen LogP contribution in [0.3, 0.4) is 0 Å². The SMILES string of the molecule is c1ccc(OCc2nnc(CSC3=NCCS3)o2)cc1. The number of benzene rings is 1. The second kappa shape index (κ2) is 6.81. The van der Waals surface area contributed by atoms with Gasteiger partial charge in [-0.05, 0) is 12.1 Å². The number of hydrogen-bond donors (Lipinski definition) is 0. The summed E-state index contributed by atoms with van der Waals surface area (Å²) in [5, 5.41) is 7.98. The maximum atomic E-state index is 5.55. The van der Waals surface area contributed by atoms with E-state index in [0.717, 1.165) is 22.4 Å². The Balaban J connectivity index is 1.49. The maximum absolute atomic E-state index is 5.55. The van der Waals surface area contributed by atoms with Crippen LogP contribution in [0.1, 0.15) is 11.8 Å². The van der Waals surface area contributed by atoms with E-state index < -0.39 is 0 Å². The fourth-order valence-corrected chi connectivity index (χ4v) is 3.44. The van der Waals surface area contributed by atoms with Crippen molar-refractivity contribution in [2.45, 2.75) is 12.4 Å². The van der Waals surface area contributed by atoms with Crippen LogP contribution in [0.4, 0.5) is 0 Å². The number of aliphatic imine (C=N–C) groups is 1. The minimum absolute atomic E-state index is 0.289. The first-order valence-corrected chi connectivity index (χ1v) is 8.16. The lowest BCUT2D eigenvalue weighted by atomic mass is 10.3. The lowest BCUT2D eigenvalue weighted by Crippen LogP contribution is -1.95. The van der Waals surface area contributed by atoms with E-state index in [2.05, 4.69) is 15.2 Å². The predicted molar refractivity (Wildman–Crippen MR) is 81.1 cm³/mol. The van der Waals surface area contributed by atoms with Gasteiger partial charge in [0.25, 0.3) is 5.89 Å². The molecule has 0 spiro atoms. The second-order valence-corrected chi connectivity index (χ2v) is 6.28. The summed E-state index contributed by atoms with van der Waals surface area (Å²) in [5.74, 6) is 3.62. The molecule has 2 aromatic rings. The highest BCUT2D eigenvalue weighted by atomic mass is 32.2. The van der Waals surface area contributed by atoms with E-state index in [9.17, 15) is 0 Å². The first kappa shape index (κ1) is 13.5. The molecule has 7 heteroatoms. The lowest BCUT2D eigenvalue weighted by molar-refractivity contribution is 0.260. The average molecular weight is 307 g/mol. The Kier molecular flexibility index (Phi) is 4.60. The number of aromatic nitrogens is 2. The highest BCUT2D eigenvalue weighted by molar-refractivity contribution is 8.38. The molecular weight excluding hydrogens is 294 g/mol. The summed E-state index contributed by atoms with van der Waals surface area (Å²) < 4.78 is 12.2. The van der Waals surface area contributed by atoms with Gasteiger partial charge in [0.15, 0.2) is 6.61 Å². The van der Waals surface area contributed by atoms with E-state index in [0.29, 0.717) is 17.5 Å². The van der Waals surface area contributed by atoms with Gasteiger partial charge < -0.3 is 9.15 Å². The zero-order valence-corrected chi connectivity index (χ0v) is 12.3. The fourth-order valence-electron chi connectivity index (χ4n) is 1.59. The van der Waals surface area contributed by atoms with Crippen LogP contribution in [0.25, 0.3) is 0 Å². The van der Waals surface area contributed by atoms with Crippen molar-refractivity contribution in [3.63, 3.8) is 0 Å². The Hall–Kier alpha value is -1.47. The van der Waals surface area contributed by atoms with E-state index in [-0.39, 0.29) is 6.61 Å². The molecule has 0 fully saturated rings. The molecule has 20 heavy (non-hydrogen) atoms. The van der Waals surface area contributed by atoms with Crippen molar-refractivity contribution in [1.29, 1.82) is 0 Å². The lowest BCUT2D eigenvalue weighted by Gasteiger charge is -2.01. The van der Waals surface area contributed by atoms with Crippen LogP contribution in [-0.4, -0.2) is 26.9 Å². The Morgan fingerprint density at radius 1 is 1.20 bits per heavy atom. The standard InChI is InChI=1S/C13H13N3O2S2/c1-2-4-10(5-3-1)17-8-11-15-16-12(18-11)9-20-13-14-6-7-19-13/h1-5H,6-9H2. The van der Waals surface area contributed by atoms with Gasteiger partial charge in [0.2, 0.25) is 5.89 Å². The van der Waals surface area contributed by atoms with Crippen molar-refractivity contribution in [3.05, 3.63) is 42.1 Å². The van der Waals surface area contributed by atoms with E-state index in [4.69, 9.17) is 9.15 Å². The third-order valence-corrected chi connectivity index (χ3v) is 4.73. The number of para-hydroxylation sites is 1. The zero-order chi connectivity index (χ0) is 13.6. The molecule has 0 atom stereocenters. The molecule has 0 saturated carbocycles. The number of hydrogen-bond acceptors (Lipinski definition) is 7. The Labute approximate surface area is 125 Å². The molecule has 1 aromatic carbocycles. The summed E-state index contributed by atoms with van der Waals surface area (Å²) in [4.78, 5) is 4.36. The summed E-state index contributed by atoms with van der Waals surface area (Å²) in [6.45, 7) is 1.20. The molecule has 1 aromatic heterocycles.